The first-order valence-electron chi connectivity index (χ1n) is 7.92. The van der Waals surface area contributed by atoms with Gasteiger partial charge < -0.3 is 36.4 Å². The van der Waals surface area contributed by atoms with Crippen molar-refractivity contribution in [2.45, 2.75) is 36.8 Å². The zero-order valence-corrected chi connectivity index (χ0v) is 14.3. The fourth-order valence-electron chi connectivity index (χ4n) is 2.49. The van der Waals surface area contributed by atoms with Crippen LogP contribution in [0.3, 0.4) is 0 Å². The molecule has 0 unspecified atom stereocenters. The molecule has 0 aliphatic heterocycles. The lowest BCUT2D eigenvalue weighted by Gasteiger charge is -2.28. The summed E-state index contributed by atoms with van der Waals surface area (Å²) in [6.45, 7) is -0.385. The van der Waals surface area contributed by atoms with Crippen LogP contribution in [0.25, 0.3) is 0 Å². The highest BCUT2D eigenvalue weighted by Gasteiger charge is 2.28. The highest BCUT2D eigenvalue weighted by Crippen LogP contribution is 2.16. The topological polar surface area (TPSA) is 143 Å². The first-order valence-corrected chi connectivity index (χ1v) is 7.92. The van der Waals surface area contributed by atoms with Gasteiger partial charge in [0.2, 0.25) is 0 Å². The third-order valence-corrected chi connectivity index (χ3v) is 4.13. The molecule has 0 amide bonds. The monoisotopic (exact) mass is 343 g/mol. The van der Waals surface area contributed by atoms with E-state index in [4.69, 9.17) is 5.11 Å². The highest BCUT2D eigenvalue weighted by atomic mass is 16.3. The van der Waals surface area contributed by atoms with Crippen molar-refractivity contribution in [3.8, 4) is 0 Å². The molecule has 7 N–H and O–H groups in total. The minimum atomic E-state index is -0.890. The number of nitrogens with zero attached hydrogens (tertiary/aromatic N) is 2. The molecule has 1 rings (SSSR count). The molecule has 9 heteroatoms. The number of rotatable bonds is 11. The Hall–Kier alpha value is -1.20. The minimum Gasteiger partial charge on any atom is -0.395 e. The van der Waals surface area contributed by atoms with E-state index in [2.05, 4.69) is 25.9 Å². The third kappa shape index (κ3) is 5.42. The zero-order chi connectivity index (χ0) is 18.1. The Morgan fingerprint density at radius 3 is 1.96 bits per heavy atom. The van der Waals surface area contributed by atoms with Crippen molar-refractivity contribution in [3.63, 3.8) is 0 Å². The molecule has 0 saturated carbocycles. The Bertz CT molecular complexity index is 454. The SMILES string of the molecule is CN[C@@H](CO)[C@@H](O)[C@@H](NC)c1cnc(C[C@H](O)[C@H](CO)NC)cn1. The van der Waals surface area contributed by atoms with Crippen molar-refractivity contribution < 1.29 is 20.4 Å². The van der Waals surface area contributed by atoms with Gasteiger partial charge in [0, 0.05) is 12.6 Å². The van der Waals surface area contributed by atoms with E-state index in [1.54, 1.807) is 21.1 Å². The Morgan fingerprint density at radius 1 is 0.917 bits per heavy atom. The summed E-state index contributed by atoms with van der Waals surface area (Å²) in [4.78, 5) is 8.56. The lowest BCUT2D eigenvalue weighted by Crippen LogP contribution is -2.47. The molecule has 0 aliphatic carbocycles. The molecule has 5 atom stereocenters. The number of nitrogens with one attached hydrogen (secondary N) is 3. The molecule has 1 aromatic rings. The molecule has 0 aliphatic rings. The fourth-order valence-corrected chi connectivity index (χ4v) is 2.49. The van der Waals surface area contributed by atoms with E-state index in [0.29, 0.717) is 11.4 Å². The van der Waals surface area contributed by atoms with Gasteiger partial charge in [0.05, 0.1) is 61.1 Å². The Kier molecular flexibility index (Phi) is 9.22. The van der Waals surface area contributed by atoms with E-state index in [1.807, 2.05) is 0 Å². The molecule has 138 valence electrons. The van der Waals surface area contributed by atoms with Gasteiger partial charge in [0.1, 0.15) is 0 Å². The van der Waals surface area contributed by atoms with Gasteiger partial charge in [0.25, 0.3) is 0 Å². The summed E-state index contributed by atoms with van der Waals surface area (Å²) in [7, 11) is 5.01. The summed E-state index contributed by atoms with van der Waals surface area (Å²) in [6.07, 6.45) is 1.64. The summed E-state index contributed by atoms with van der Waals surface area (Å²) in [5.74, 6) is 0. The van der Waals surface area contributed by atoms with Gasteiger partial charge in [-0.25, -0.2) is 0 Å². The van der Waals surface area contributed by atoms with Crippen LogP contribution in [0, 0.1) is 0 Å². The zero-order valence-electron chi connectivity index (χ0n) is 14.3. The van der Waals surface area contributed by atoms with E-state index in [-0.39, 0.29) is 19.6 Å². The van der Waals surface area contributed by atoms with E-state index >= 15 is 0 Å². The number of hydrogen-bond donors (Lipinski definition) is 7. The van der Waals surface area contributed by atoms with E-state index in [1.165, 1.54) is 12.4 Å². The second-order valence-electron chi connectivity index (χ2n) is 5.62. The van der Waals surface area contributed by atoms with Crippen LogP contribution in [0.15, 0.2) is 12.4 Å². The maximum atomic E-state index is 10.3. The van der Waals surface area contributed by atoms with Crippen molar-refractivity contribution >= 4 is 0 Å². The van der Waals surface area contributed by atoms with Crippen molar-refractivity contribution in [3.05, 3.63) is 23.8 Å². The van der Waals surface area contributed by atoms with Crippen LogP contribution in [0.2, 0.25) is 0 Å². The van der Waals surface area contributed by atoms with Crippen LogP contribution in [-0.2, 0) is 6.42 Å². The van der Waals surface area contributed by atoms with Gasteiger partial charge in [-0.15, -0.1) is 0 Å². The quantitative estimate of drug-likeness (QED) is 0.226. The van der Waals surface area contributed by atoms with Gasteiger partial charge >= 0.3 is 0 Å². The molecule has 0 aromatic carbocycles. The predicted molar refractivity (Wildman–Crippen MR) is 89.4 cm³/mol. The summed E-state index contributed by atoms with van der Waals surface area (Å²) < 4.78 is 0. The molecule has 24 heavy (non-hydrogen) atoms. The molecule has 0 spiro atoms. The standard InChI is InChI=1S/C15H29N5O4/c1-16-11(7-21)13(23)4-9-5-20-10(6-19-9)14(18-3)15(24)12(8-22)17-2/h5-6,11-18,21-24H,4,7-8H2,1-3H3/t11-,12-,13-,14-,15+/m0/s1. The van der Waals surface area contributed by atoms with Crippen LogP contribution in [0.4, 0.5) is 0 Å². The Morgan fingerprint density at radius 2 is 1.54 bits per heavy atom. The van der Waals surface area contributed by atoms with Gasteiger partial charge in [0.15, 0.2) is 0 Å². The Labute approximate surface area is 142 Å². The predicted octanol–water partition coefficient (Wildman–Crippen LogP) is -2.84. The maximum Gasteiger partial charge on any atom is 0.0925 e. The van der Waals surface area contributed by atoms with Gasteiger partial charge in [-0.05, 0) is 21.1 Å². The van der Waals surface area contributed by atoms with Crippen molar-refractivity contribution in [1.82, 2.24) is 25.9 Å². The van der Waals surface area contributed by atoms with Crippen LogP contribution in [0.1, 0.15) is 17.4 Å². The molecule has 1 aromatic heterocycles. The first kappa shape index (κ1) is 20.8. The smallest absolute Gasteiger partial charge is 0.0925 e. The third-order valence-electron chi connectivity index (χ3n) is 4.13. The summed E-state index contributed by atoms with van der Waals surface area (Å²) >= 11 is 0. The largest absolute Gasteiger partial charge is 0.395 e. The number of hydrogen-bond acceptors (Lipinski definition) is 9. The highest BCUT2D eigenvalue weighted by molar-refractivity contribution is 5.10. The lowest BCUT2D eigenvalue weighted by molar-refractivity contribution is 0.0628. The minimum absolute atomic E-state index is 0.177. The molecule has 0 saturated heterocycles. The maximum absolute atomic E-state index is 10.3. The molecular formula is C15H29N5O4. The van der Waals surface area contributed by atoms with E-state index in [9.17, 15) is 15.3 Å². The Balaban J connectivity index is 2.81. The second-order valence-corrected chi connectivity index (χ2v) is 5.62. The molecular weight excluding hydrogens is 314 g/mol. The number of aliphatic hydroxyl groups is 4. The van der Waals surface area contributed by atoms with Gasteiger partial charge in [-0.1, -0.05) is 0 Å². The normalized spacial score (nSPS) is 18.0. The van der Waals surface area contributed by atoms with Crippen LogP contribution in [0.5, 0.6) is 0 Å². The molecule has 9 nitrogen and oxygen atoms in total. The van der Waals surface area contributed by atoms with Crippen molar-refractivity contribution in [2.24, 2.45) is 0 Å². The molecule has 0 fully saturated rings. The lowest BCUT2D eigenvalue weighted by atomic mass is 10.0. The summed E-state index contributed by atoms with van der Waals surface area (Å²) in [5.41, 5.74) is 1.11. The van der Waals surface area contributed by atoms with Crippen LogP contribution < -0.4 is 16.0 Å². The average molecular weight is 343 g/mol. The van der Waals surface area contributed by atoms with Crippen LogP contribution in [-0.4, -0.2) is 89.0 Å². The van der Waals surface area contributed by atoms with Gasteiger partial charge in [-0.2, -0.15) is 0 Å². The molecule has 0 radical (unpaired) electrons. The number of aliphatic hydroxyl groups excluding tert-OH is 4. The summed E-state index contributed by atoms with van der Waals surface area (Å²) in [6, 6.07) is -1.42. The molecule has 1 heterocycles. The number of aromatic nitrogens is 2. The van der Waals surface area contributed by atoms with Gasteiger partial charge in [-0.3, -0.25) is 9.97 Å². The van der Waals surface area contributed by atoms with Crippen molar-refractivity contribution in [1.29, 1.82) is 0 Å². The second kappa shape index (κ2) is 10.6. The fraction of sp³-hybridized carbons (Fsp3) is 0.733. The molecule has 0 bridgehead atoms. The average Bonchev–Trinajstić information content (AvgIpc) is 2.59. The van der Waals surface area contributed by atoms with E-state index in [0.717, 1.165) is 0 Å². The van der Waals surface area contributed by atoms with E-state index < -0.39 is 30.3 Å². The summed E-state index contributed by atoms with van der Waals surface area (Å²) in [5, 5.41) is 47.5. The first-order chi connectivity index (χ1) is 11.5. The van der Waals surface area contributed by atoms with Crippen LogP contribution >= 0.6 is 0 Å². The number of likely N-dealkylation sites (N-methyl/N-ethyl adjacent to an activating group) is 3. The van der Waals surface area contributed by atoms with Crippen molar-refractivity contribution in [2.75, 3.05) is 34.4 Å².